The molecule has 4 heterocycles. The van der Waals surface area contributed by atoms with Gasteiger partial charge < -0.3 is 21.3 Å². The van der Waals surface area contributed by atoms with Gasteiger partial charge in [-0.05, 0) is 6.07 Å². The third-order valence-electron chi connectivity index (χ3n) is 4.13. The predicted molar refractivity (Wildman–Crippen MR) is 118 cm³/mol. The highest BCUT2D eigenvalue weighted by atomic mass is 35.5. The molecule has 0 spiro atoms. The van der Waals surface area contributed by atoms with Crippen LogP contribution in [0.25, 0.3) is 15.5 Å². The second-order valence-electron chi connectivity index (χ2n) is 6.01. The molecule has 3 aromatic rings. The van der Waals surface area contributed by atoms with Crippen molar-refractivity contribution in [2.75, 3.05) is 42.9 Å². The Kier molecular flexibility index (Phi) is 7.88. The van der Waals surface area contributed by atoms with Crippen LogP contribution >= 0.6 is 36.2 Å². The van der Waals surface area contributed by atoms with E-state index in [4.69, 9.17) is 5.73 Å². The number of halogens is 2. The lowest BCUT2D eigenvalue weighted by Gasteiger charge is -2.27. The van der Waals surface area contributed by atoms with E-state index in [2.05, 4.69) is 30.6 Å². The van der Waals surface area contributed by atoms with Gasteiger partial charge in [0.05, 0.1) is 18.4 Å². The Labute approximate surface area is 182 Å². The first-order valence-electron chi connectivity index (χ1n) is 8.46. The second-order valence-corrected chi connectivity index (χ2v) is 6.96. The monoisotopic (exact) mass is 458 g/mol. The summed E-state index contributed by atoms with van der Waals surface area (Å²) in [5.41, 5.74) is 6.29. The molecule has 3 aromatic heterocycles. The van der Waals surface area contributed by atoms with E-state index in [-0.39, 0.29) is 42.8 Å². The molecule has 0 aliphatic carbocycles. The Morgan fingerprint density at radius 3 is 2.72 bits per heavy atom. The van der Waals surface area contributed by atoms with Crippen LogP contribution in [-0.2, 0) is 4.79 Å². The molecule has 13 heteroatoms. The number of piperazine rings is 1. The molecule has 4 rings (SSSR count). The molecule has 29 heavy (non-hydrogen) atoms. The van der Waals surface area contributed by atoms with Gasteiger partial charge in [-0.25, -0.2) is 4.98 Å². The Morgan fingerprint density at radius 1 is 1.24 bits per heavy atom. The number of pyridine rings is 1. The van der Waals surface area contributed by atoms with Crippen LogP contribution in [0.15, 0.2) is 29.3 Å². The molecular weight excluding hydrogens is 439 g/mol. The number of carbonyl (C=O) groups is 1. The van der Waals surface area contributed by atoms with Gasteiger partial charge in [-0.2, -0.15) is 9.61 Å². The average molecular weight is 459 g/mol. The Hall–Kier alpha value is -2.31. The molecule has 4 N–H and O–H groups in total. The van der Waals surface area contributed by atoms with Gasteiger partial charge in [-0.1, -0.05) is 11.3 Å². The number of carbonyl (C=O) groups excluding carboxylic acids is 1. The molecule has 0 atom stereocenters. The average Bonchev–Trinajstić information content (AvgIpc) is 3.14. The minimum atomic E-state index is -0.309. The van der Waals surface area contributed by atoms with E-state index >= 15 is 0 Å². The summed E-state index contributed by atoms with van der Waals surface area (Å²) in [7, 11) is 0. The number of aromatic nitrogens is 4. The fourth-order valence-electron chi connectivity index (χ4n) is 2.81. The molecule has 0 aromatic carbocycles. The number of amides is 1. The maximum atomic E-state index is 12.5. The third kappa shape index (κ3) is 5.00. The number of fused-ring (bicyclic) bond motifs is 1. The van der Waals surface area contributed by atoms with Crippen LogP contribution in [0.5, 0.6) is 0 Å². The van der Waals surface area contributed by atoms with E-state index in [1.807, 2.05) is 0 Å². The van der Waals surface area contributed by atoms with Gasteiger partial charge in [0.15, 0.2) is 0 Å². The summed E-state index contributed by atoms with van der Waals surface area (Å²) in [6.45, 7) is 3.23. The summed E-state index contributed by atoms with van der Waals surface area (Å²) < 4.78 is 1.29. The van der Waals surface area contributed by atoms with E-state index < -0.39 is 0 Å². The van der Waals surface area contributed by atoms with Crippen LogP contribution in [0.1, 0.15) is 0 Å². The lowest BCUT2D eigenvalue weighted by Crippen LogP contribution is -2.44. The Morgan fingerprint density at radius 2 is 2.00 bits per heavy atom. The first-order chi connectivity index (χ1) is 13.1. The van der Waals surface area contributed by atoms with Crippen LogP contribution in [0, 0.1) is 0 Å². The fraction of sp³-hybridized carbons (Fsp3) is 0.312. The van der Waals surface area contributed by atoms with Gasteiger partial charge in [-0.15, -0.1) is 24.8 Å². The number of nitrogens with one attached hydrogen (secondary N) is 2. The zero-order valence-electron chi connectivity index (χ0n) is 15.2. The van der Waals surface area contributed by atoms with Crippen molar-refractivity contribution < 1.29 is 4.79 Å². The lowest BCUT2D eigenvalue weighted by atomic mass is 10.3. The van der Waals surface area contributed by atoms with Crippen molar-refractivity contribution in [2.45, 2.75) is 0 Å². The summed E-state index contributed by atoms with van der Waals surface area (Å²) in [6.07, 6.45) is 3.15. The van der Waals surface area contributed by atoms with Gasteiger partial charge in [0.25, 0.3) is 5.56 Å². The SMILES string of the molecule is Cl.Cl.NCC(=O)Nc1cncc(-c2nn3c(=O)cc(N4CCNCC4)nc3s2)c1. The summed E-state index contributed by atoms with van der Waals surface area (Å²) in [6, 6.07) is 3.25. The molecule has 0 unspecified atom stereocenters. The van der Waals surface area contributed by atoms with E-state index in [1.54, 1.807) is 12.3 Å². The minimum Gasteiger partial charge on any atom is -0.354 e. The molecule has 0 bridgehead atoms. The van der Waals surface area contributed by atoms with Crippen molar-refractivity contribution in [3.63, 3.8) is 0 Å². The van der Waals surface area contributed by atoms with E-state index in [0.29, 0.717) is 27.0 Å². The Bertz CT molecular complexity index is 1050. The van der Waals surface area contributed by atoms with Crippen LogP contribution in [0.3, 0.4) is 0 Å². The molecule has 0 saturated carbocycles. The fourth-order valence-corrected chi connectivity index (χ4v) is 3.69. The first-order valence-corrected chi connectivity index (χ1v) is 9.27. The predicted octanol–water partition coefficient (Wildman–Crippen LogP) is 0.363. The highest BCUT2D eigenvalue weighted by Crippen LogP contribution is 2.26. The van der Waals surface area contributed by atoms with Crippen molar-refractivity contribution in [1.29, 1.82) is 0 Å². The summed E-state index contributed by atoms with van der Waals surface area (Å²) in [5, 5.41) is 10.9. The molecular formula is C16H20Cl2N8O2S. The van der Waals surface area contributed by atoms with Crippen molar-refractivity contribution in [3.8, 4) is 10.6 Å². The first kappa shape index (κ1) is 23.0. The van der Waals surface area contributed by atoms with Crippen LogP contribution < -0.4 is 26.8 Å². The smallest absolute Gasteiger partial charge is 0.277 e. The number of hydrogen-bond acceptors (Lipinski definition) is 9. The lowest BCUT2D eigenvalue weighted by molar-refractivity contribution is -0.114. The summed E-state index contributed by atoms with van der Waals surface area (Å²) in [4.78, 5) is 35.3. The van der Waals surface area contributed by atoms with Crippen LogP contribution in [0.4, 0.5) is 11.5 Å². The van der Waals surface area contributed by atoms with Crippen LogP contribution in [-0.4, -0.2) is 58.2 Å². The van der Waals surface area contributed by atoms with E-state index in [9.17, 15) is 9.59 Å². The summed E-state index contributed by atoms with van der Waals surface area (Å²) in [5.74, 6) is 0.357. The number of nitrogens with zero attached hydrogens (tertiary/aromatic N) is 5. The molecule has 10 nitrogen and oxygen atoms in total. The second kappa shape index (κ2) is 9.94. The highest BCUT2D eigenvalue weighted by molar-refractivity contribution is 7.19. The van der Waals surface area contributed by atoms with Crippen molar-refractivity contribution in [2.24, 2.45) is 5.73 Å². The normalized spacial score (nSPS) is 13.5. The quantitative estimate of drug-likeness (QED) is 0.510. The maximum Gasteiger partial charge on any atom is 0.277 e. The molecule has 1 aliphatic heterocycles. The van der Waals surface area contributed by atoms with Gasteiger partial charge in [0.2, 0.25) is 10.9 Å². The number of nitrogens with two attached hydrogens (primary N) is 1. The van der Waals surface area contributed by atoms with Gasteiger partial charge in [0, 0.05) is 44.0 Å². The maximum absolute atomic E-state index is 12.5. The van der Waals surface area contributed by atoms with Crippen molar-refractivity contribution in [1.82, 2.24) is 24.9 Å². The molecule has 1 fully saturated rings. The Balaban J connectivity index is 0.00000150. The van der Waals surface area contributed by atoms with Gasteiger partial charge in [-0.3, -0.25) is 14.6 Å². The number of rotatable bonds is 4. The van der Waals surface area contributed by atoms with Gasteiger partial charge >= 0.3 is 0 Å². The topological polar surface area (TPSA) is 131 Å². The standard InChI is InChI=1S/C16H18N8O2S.2ClH/c17-7-13(25)20-11-5-10(8-19-9-11)15-22-24-14(26)6-12(21-16(24)27-15)23-3-1-18-2-4-23;;/h5-6,8-9,18H,1-4,7,17H2,(H,20,25);2*1H. The largest absolute Gasteiger partial charge is 0.354 e. The van der Waals surface area contributed by atoms with Crippen molar-refractivity contribution in [3.05, 3.63) is 34.9 Å². The third-order valence-corrected chi connectivity index (χ3v) is 5.08. The van der Waals surface area contributed by atoms with Crippen molar-refractivity contribution >= 4 is 58.5 Å². The minimum absolute atomic E-state index is 0. The number of anilines is 2. The zero-order valence-corrected chi connectivity index (χ0v) is 17.6. The molecule has 1 aliphatic rings. The highest BCUT2D eigenvalue weighted by Gasteiger charge is 2.16. The summed E-state index contributed by atoms with van der Waals surface area (Å²) >= 11 is 1.30. The van der Waals surface area contributed by atoms with E-state index in [1.165, 1.54) is 28.1 Å². The van der Waals surface area contributed by atoms with Crippen LogP contribution in [0.2, 0.25) is 0 Å². The zero-order chi connectivity index (χ0) is 18.8. The van der Waals surface area contributed by atoms with Gasteiger partial charge in [0.1, 0.15) is 10.8 Å². The molecule has 1 saturated heterocycles. The molecule has 156 valence electrons. The molecule has 1 amide bonds. The molecule has 0 radical (unpaired) electrons. The number of hydrogen-bond donors (Lipinski definition) is 3. The van der Waals surface area contributed by atoms with E-state index in [0.717, 1.165) is 26.2 Å².